The molecule has 0 heterocycles. The van der Waals surface area contributed by atoms with E-state index >= 15 is 0 Å². The van der Waals surface area contributed by atoms with E-state index in [4.69, 9.17) is 4.74 Å². The Morgan fingerprint density at radius 2 is 1.53 bits per heavy atom. The molecule has 0 radical (unpaired) electrons. The molecule has 0 fully saturated rings. The number of hydrogen-bond acceptors (Lipinski definition) is 5. The molecule has 0 atom stereocenters. The fourth-order valence-corrected chi connectivity index (χ4v) is 3.02. The van der Waals surface area contributed by atoms with Crippen LogP contribution in [0.2, 0.25) is 0 Å². The van der Waals surface area contributed by atoms with E-state index in [9.17, 15) is 14.4 Å². The van der Waals surface area contributed by atoms with Crippen LogP contribution in [0.4, 0.5) is 11.4 Å². The summed E-state index contributed by atoms with van der Waals surface area (Å²) in [7, 11) is 0. The summed E-state index contributed by atoms with van der Waals surface area (Å²) in [5.41, 5.74) is 6.82. The summed E-state index contributed by atoms with van der Waals surface area (Å²) in [6, 6.07) is 19.8. The van der Waals surface area contributed by atoms with Crippen LogP contribution in [-0.2, 0) is 14.4 Å². The number of aryl methyl sites for hydroxylation is 3. The Morgan fingerprint density at radius 1 is 0.824 bits per heavy atom. The highest BCUT2D eigenvalue weighted by atomic mass is 16.5. The number of carbonyl (C=O) groups excluding carboxylic acids is 3. The molecular formula is C26H26N4O4. The minimum atomic E-state index is -0.911. The van der Waals surface area contributed by atoms with E-state index in [0.717, 1.165) is 22.4 Å². The molecule has 3 aromatic carbocycles. The molecule has 0 aromatic heterocycles. The zero-order valence-electron chi connectivity index (χ0n) is 19.2. The molecule has 3 rings (SSSR count). The number of nitrogens with zero attached hydrogens (tertiary/aromatic N) is 1. The molecule has 34 heavy (non-hydrogen) atoms. The second-order valence-electron chi connectivity index (χ2n) is 7.66. The van der Waals surface area contributed by atoms with Crippen molar-refractivity contribution >= 4 is 35.3 Å². The number of hydrazone groups is 1. The number of amides is 3. The summed E-state index contributed by atoms with van der Waals surface area (Å²) in [5, 5.41) is 9.21. The van der Waals surface area contributed by atoms with Gasteiger partial charge >= 0.3 is 11.8 Å². The summed E-state index contributed by atoms with van der Waals surface area (Å²) in [4.78, 5) is 36.5. The molecule has 0 bridgehead atoms. The normalized spacial score (nSPS) is 10.6. The zero-order chi connectivity index (χ0) is 24.5. The summed E-state index contributed by atoms with van der Waals surface area (Å²) in [5.74, 6) is -1.65. The van der Waals surface area contributed by atoms with Crippen molar-refractivity contribution in [3.05, 3.63) is 89.0 Å². The second kappa shape index (κ2) is 11.4. The highest BCUT2D eigenvalue weighted by Crippen LogP contribution is 2.18. The maximum atomic E-state index is 12.3. The van der Waals surface area contributed by atoms with Gasteiger partial charge in [-0.05, 0) is 61.7 Å². The average molecular weight is 459 g/mol. The SMILES string of the molecule is Cc1ccc(C)c(NC(=O)COc2ccccc2/C=N\NC(=O)C(=O)Nc2ccccc2C)c1. The van der Waals surface area contributed by atoms with Gasteiger partial charge in [-0.1, -0.05) is 42.5 Å². The lowest BCUT2D eigenvalue weighted by Gasteiger charge is -2.11. The third-order valence-corrected chi connectivity index (χ3v) is 4.91. The number of para-hydroxylation sites is 2. The van der Waals surface area contributed by atoms with Gasteiger partial charge in [0.1, 0.15) is 5.75 Å². The maximum Gasteiger partial charge on any atom is 0.329 e. The van der Waals surface area contributed by atoms with Gasteiger partial charge in [0, 0.05) is 16.9 Å². The topological polar surface area (TPSA) is 109 Å². The molecule has 0 unspecified atom stereocenters. The van der Waals surface area contributed by atoms with Crippen molar-refractivity contribution in [3.8, 4) is 5.75 Å². The second-order valence-corrected chi connectivity index (χ2v) is 7.66. The number of hydrogen-bond donors (Lipinski definition) is 3. The van der Waals surface area contributed by atoms with Gasteiger partial charge in [-0.15, -0.1) is 0 Å². The van der Waals surface area contributed by atoms with Crippen molar-refractivity contribution in [1.82, 2.24) is 5.43 Å². The van der Waals surface area contributed by atoms with Gasteiger partial charge in [0.05, 0.1) is 6.21 Å². The van der Waals surface area contributed by atoms with E-state index in [-0.39, 0.29) is 12.5 Å². The first kappa shape index (κ1) is 24.2. The number of ether oxygens (including phenoxy) is 1. The van der Waals surface area contributed by atoms with Gasteiger partial charge in [0.2, 0.25) is 0 Å². The van der Waals surface area contributed by atoms with E-state index in [1.54, 1.807) is 36.4 Å². The lowest BCUT2D eigenvalue weighted by Crippen LogP contribution is -2.32. The van der Waals surface area contributed by atoms with Gasteiger partial charge in [0.25, 0.3) is 5.91 Å². The molecule has 0 aliphatic rings. The first-order valence-electron chi connectivity index (χ1n) is 10.6. The van der Waals surface area contributed by atoms with Gasteiger partial charge < -0.3 is 15.4 Å². The quantitative estimate of drug-likeness (QED) is 0.285. The minimum absolute atomic E-state index is 0.205. The van der Waals surface area contributed by atoms with Crippen molar-refractivity contribution in [2.45, 2.75) is 20.8 Å². The van der Waals surface area contributed by atoms with Crippen LogP contribution >= 0.6 is 0 Å². The van der Waals surface area contributed by atoms with Crippen molar-refractivity contribution in [2.75, 3.05) is 17.2 Å². The zero-order valence-corrected chi connectivity index (χ0v) is 19.2. The van der Waals surface area contributed by atoms with E-state index in [2.05, 4.69) is 21.2 Å². The van der Waals surface area contributed by atoms with Crippen LogP contribution in [0, 0.1) is 20.8 Å². The van der Waals surface area contributed by atoms with Crippen molar-refractivity contribution in [1.29, 1.82) is 0 Å². The Balaban J connectivity index is 1.55. The van der Waals surface area contributed by atoms with Crippen molar-refractivity contribution in [2.24, 2.45) is 5.10 Å². The molecule has 3 N–H and O–H groups in total. The van der Waals surface area contributed by atoms with Gasteiger partial charge in [-0.25, -0.2) is 5.43 Å². The highest BCUT2D eigenvalue weighted by molar-refractivity contribution is 6.39. The van der Waals surface area contributed by atoms with E-state index in [0.29, 0.717) is 17.0 Å². The van der Waals surface area contributed by atoms with Crippen LogP contribution in [0.15, 0.2) is 71.8 Å². The lowest BCUT2D eigenvalue weighted by atomic mass is 10.1. The highest BCUT2D eigenvalue weighted by Gasteiger charge is 2.14. The molecule has 8 heteroatoms. The number of anilines is 2. The Bertz CT molecular complexity index is 1240. The van der Waals surface area contributed by atoms with Gasteiger partial charge in [0.15, 0.2) is 6.61 Å². The number of benzene rings is 3. The monoisotopic (exact) mass is 458 g/mol. The Labute approximate surface area is 198 Å². The predicted octanol–water partition coefficient (Wildman–Crippen LogP) is 3.72. The van der Waals surface area contributed by atoms with E-state index in [1.807, 2.05) is 51.1 Å². The maximum absolute atomic E-state index is 12.3. The molecule has 0 aliphatic carbocycles. The molecule has 0 saturated heterocycles. The first-order chi connectivity index (χ1) is 16.3. The Kier molecular flexibility index (Phi) is 8.12. The minimum Gasteiger partial charge on any atom is -0.483 e. The van der Waals surface area contributed by atoms with E-state index in [1.165, 1.54) is 6.21 Å². The van der Waals surface area contributed by atoms with E-state index < -0.39 is 11.8 Å². The smallest absolute Gasteiger partial charge is 0.329 e. The third-order valence-electron chi connectivity index (χ3n) is 4.91. The van der Waals surface area contributed by atoms with Gasteiger partial charge in [-0.2, -0.15) is 5.10 Å². The molecule has 174 valence electrons. The predicted molar refractivity (Wildman–Crippen MR) is 132 cm³/mol. The standard InChI is InChI=1S/C26H26N4O4/c1-17-12-13-19(3)22(14-17)28-24(31)16-34-23-11-7-5-9-20(23)15-27-30-26(33)25(32)29-21-10-6-4-8-18(21)2/h4-15H,16H2,1-3H3,(H,28,31)(H,29,32)(H,30,33)/b27-15-. The molecule has 3 aromatic rings. The van der Waals surface area contributed by atoms with Gasteiger partial charge in [-0.3, -0.25) is 14.4 Å². The summed E-state index contributed by atoms with van der Waals surface area (Å²) < 4.78 is 5.64. The number of nitrogens with one attached hydrogen (secondary N) is 3. The molecule has 8 nitrogen and oxygen atoms in total. The fourth-order valence-electron chi connectivity index (χ4n) is 3.02. The molecule has 0 aliphatic heterocycles. The van der Waals surface area contributed by atoms with Crippen LogP contribution in [0.25, 0.3) is 0 Å². The molecule has 0 spiro atoms. The summed E-state index contributed by atoms with van der Waals surface area (Å²) >= 11 is 0. The third kappa shape index (κ3) is 6.77. The van der Waals surface area contributed by atoms with Crippen molar-refractivity contribution < 1.29 is 19.1 Å². The molecule has 0 saturated carbocycles. The fraction of sp³-hybridized carbons (Fsp3) is 0.154. The largest absolute Gasteiger partial charge is 0.483 e. The number of carbonyl (C=O) groups is 3. The summed E-state index contributed by atoms with van der Waals surface area (Å²) in [6.45, 7) is 5.48. The number of rotatable bonds is 7. The van der Waals surface area contributed by atoms with Crippen LogP contribution in [-0.4, -0.2) is 30.5 Å². The van der Waals surface area contributed by atoms with Crippen LogP contribution in [0.1, 0.15) is 22.3 Å². The van der Waals surface area contributed by atoms with Crippen LogP contribution < -0.4 is 20.8 Å². The Morgan fingerprint density at radius 3 is 2.32 bits per heavy atom. The first-order valence-corrected chi connectivity index (χ1v) is 10.6. The van der Waals surface area contributed by atoms with Crippen LogP contribution in [0.5, 0.6) is 5.75 Å². The molecule has 3 amide bonds. The van der Waals surface area contributed by atoms with Crippen molar-refractivity contribution in [3.63, 3.8) is 0 Å². The molecular weight excluding hydrogens is 432 g/mol. The lowest BCUT2D eigenvalue weighted by molar-refractivity contribution is -0.136. The average Bonchev–Trinajstić information content (AvgIpc) is 2.82. The van der Waals surface area contributed by atoms with Crippen LogP contribution in [0.3, 0.4) is 0 Å². The summed E-state index contributed by atoms with van der Waals surface area (Å²) in [6.07, 6.45) is 1.34. The Hall–Kier alpha value is -4.46.